The van der Waals surface area contributed by atoms with Crippen LogP contribution in [0.5, 0.6) is 0 Å². The monoisotopic (exact) mass is 405 g/mol. The summed E-state index contributed by atoms with van der Waals surface area (Å²) in [5.41, 5.74) is 1.96. The van der Waals surface area contributed by atoms with E-state index in [9.17, 15) is 4.79 Å². The number of aromatic nitrogens is 3. The SMILES string of the molecule is CC1CCN(c2cc(-c3noc(C(=O)NC[C@H](C)c4ccccc4)n3)ccn2)CC1. The average molecular weight is 406 g/mol. The number of nitrogens with zero attached hydrogens (tertiary/aromatic N) is 4. The predicted octanol–water partition coefficient (Wildman–Crippen LogP) is 3.90. The first kappa shape index (κ1) is 20.1. The third kappa shape index (κ3) is 4.67. The van der Waals surface area contributed by atoms with E-state index < -0.39 is 0 Å². The third-order valence-electron chi connectivity index (χ3n) is 5.67. The first-order chi connectivity index (χ1) is 14.6. The molecule has 156 valence electrons. The Kier molecular flexibility index (Phi) is 6.07. The number of pyridine rings is 1. The van der Waals surface area contributed by atoms with E-state index in [1.807, 2.05) is 42.5 Å². The van der Waals surface area contributed by atoms with Gasteiger partial charge in [0.2, 0.25) is 5.82 Å². The van der Waals surface area contributed by atoms with Gasteiger partial charge in [0.1, 0.15) is 5.82 Å². The van der Waals surface area contributed by atoms with Gasteiger partial charge in [-0.15, -0.1) is 0 Å². The number of benzene rings is 1. The number of rotatable bonds is 6. The molecule has 7 heteroatoms. The molecule has 0 unspecified atom stereocenters. The van der Waals surface area contributed by atoms with Gasteiger partial charge in [0.05, 0.1) is 0 Å². The van der Waals surface area contributed by atoms with Crippen molar-refractivity contribution in [2.45, 2.75) is 32.6 Å². The number of hydrogen-bond acceptors (Lipinski definition) is 6. The molecular formula is C23H27N5O2. The normalized spacial score (nSPS) is 15.7. The van der Waals surface area contributed by atoms with Crippen LogP contribution in [-0.4, -0.2) is 40.7 Å². The van der Waals surface area contributed by atoms with Crippen molar-refractivity contribution in [3.8, 4) is 11.4 Å². The van der Waals surface area contributed by atoms with E-state index in [-0.39, 0.29) is 17.7 Å². The van der Waals surface area contributed by atoms with Crippen LogP contribution < -0.4 is 10.2 Å². The maximum atomic E-state index is 12.4. The molecule has 1 aromatic carbocycles. The highest BCUT2D eigenvalue weighted by molar-refractivity contribution is 5.89. The van der Waals surface area contributed by atoms with Crippen LogP contribution in [0.3, 0.4) is 0 Å². The summed E-state index contributed by atoms with van der Waals surface area (Å²) in [4.78, 5) is 23.5. The van der Waals surface area contributed by atoms with Crippen LogP contribution in [0, 0.1) is 5.92 Å². The van der Waals surface area contributed by atoms with E-state index in [4.69, 9.17) is 4.52 Å². The van der Waals surface area contributed by atoms with Crippen molar-refractivity contribution in [1.82, 2.24) is 20.4 Å². The number of piperidine rings is 1. The summed E-state index contributed by atoms with van der Waals surface area (Å²) in [5.74, 6) is 1.85. The van der Waals surface area contributed by atoms with E-state index in [2.05, 4.69) is 39.2 Å². The van der Waals surface area contributed by atoms with Gasteiger partial charge in [0.15, 0.2) is 0 Å². The predicted molar refractivity (Wildman–Crippen MR) is 115 cm³/mol. The molecular weight excluding hydrogens is 378 g/mol. The van der Waals surface area contributed by atoms with Crippen molar-refractivity contribution in [3.63, 3.8) is 0 Å². The average Bonchev–Trinajstić information content (AvgIpc) is 3.29. The molecule has 1 fully saturated rings. The molecule has 3 heterocycles. The molecule has 1 amide bonds. The zero-order valence-corrected chi connectivity index (χ0v) is 17.4. The first-order valence-electron chi connectivity index (χ1n) is 10.5. The van der Waals surface area contributed by atoms with Crippen LogP contribution in [-0.2, 0) is 0 Å². The van der Waals surface area contributed by atoms with Gasteiger partial charge in [0, 0.05) is 31.4 Å². The lowest BCUT2D eigenvalue weighted by Crippen LogP contribution is -2.33. The van der Waals surface area contributed by atoms with Crippen LogP contribution in [0.2, 0.25) is 0 Å². The highest BCUT2D eigenvalue weighted by atomic mass is 16.5. The van der Waals surface area contributed by atoms with E-state index in [1.54, 1.807) is 6.20 Å². The maximum Gasteiger partial charge on any atom is 0.316 e. The Bertz CT molecular complexity index is 980. The molecule has 0 saturated carbocycles. The molecule has 2 aromatic heterocycles. The number of hydrogen-bond donors (Lipinski definition) is 1. The minimum absolute atomic E-state index is 0.0320. The second kappa shape index (κ2) is 9.07. The van der Waals surface area contributed by atoms with Crippen molar-refractivity contribution in [2.75, 3.05) is 24.5 Å². The maximum absolute atomic E-state index is 12.4. The lowest BCUT2D eigenvalue weighted by Gasteiger charge is -2.31. The molecule has 1 N–H and O–H groups in total. The van der Waals surface area contributed by atoms with Gasteiger partial charge in [-0.05, 0) is 42.4 Å². The van der Waals surface area contributed by atoms with Gasteiger partial charge in [-0.1, -0.05) is 49.3 Å². The highest BCUT2D eigenvalue weighted by Crippen LogP contribution is 2.25. The summed E-state index contributed by atoms with van der Waals surface area (Å²) in [6.45, 7) is 6.84. The van der Waals surface area contributed by atoms with E-state index in [0.29, 0.717) is 12.4 Å². The Hall–Kier alpha value is -3.22. The second-order valence-electron chi connectivity index (χ2n) is 8.02. The van der Waals surface area contributed by atoms with Crippen LogP contribution in [0.25, 0.3) is 11.4 Å². The van der Waals surface area contributed by atoms with Gasteiger partial charge < -0.3 is 14.7 Å². The summed E-state index contributed by atoms with van der Waals surface area (Å²) >= 11 is 0. The molecule has 0 bridgehead atoms. The lowest BCUT2D eigenvalue weighted by atomic mass is 9.99. The van der Waals surface area contributed by atoms with E-state index >= 15 is 0 Å². The quantitative estimate of drug-likeness (QED) is 0.670. The van der Waals surface area contributed by atoms with E-state index in [1.165, 1.54) is 18.4 Å². The first-order valence-corrected chi connectivity index (χ1v) is 10.5. The molecule has 0 radical (unpaired) electrons. The molecule has 30 heavy (non-hydrogen) atoms. The van der Waals surface area contributed by atoms with Gasteiger partial charge in [-0.25, -0.2) is 4.98 Å². The van der Waals surface area contributed by atoms with Gasteiger partial charge in [-0.2, -0.15) is 4.98 Å². The number of carbonyl (C=O) groups excluding carboxylic acids is 1. The van der Waals surface area contributed by atoms with Crippen LogP contribution in [0.4, 0.5) is 5.82 Å². The topological polar surface area (TPSA) is 84.2 Å². The zero-order valence-electron chi connectivity index (χ0n) is 17.4. The smallest absolute Gasteiger partial charge is 0.316 e. The second-order valence-corrected chi connectivity index (χ2v) is 8.02. The molecule has 7 nitrogen and oxygen atoms in total. The van der Waals surface area contributed by atoms with Crippen molar-refractivity contribution in [3.05, 3.63) is 60.1 Å². The third-order valence-corrected chi connectivity index (χ3v) is 5.67. The number of carbonyl (C=O) groups is 1. The summed E-state index contributed by atoms with van der Waals surface area (Å²) < 4.78 is 5.21. The standard InChI is InChI=1S/C23H27N5O2/c1-16-9-12-28(13-10-16)20-14-19(8-11-24-20)21-26-23(30-27-21)22(29)25-15-17(2)18-6-4-3-5-7-18/h3-8,11,14,16-17H,9-10,12-13,15H2,1-2H3,(H,25,29)/t17-/m0/s1. The van der Waals surface area contributed by atoms with Gasteiger partial charge in [0.25, 0.3) is 0 Å². The summed E-state index contributed by atoms with van der Waals surface area (Å²) in [6, 6.07) is 13.8. The number of amides is 1. The van der Waals surface area contributed by atoms with Crippen LogP contribution >= 0.6 is 0 Å². The molecule has 1 atom stereocenters. The Balaban J connectivity index is 1.40. The fourth-order valence-electron chi connectivity index (χ4n) is 3.62. The fraction of sp³-hybridized carbons (Fsp3) is 0.391. The summed E-state index contributed by atoms with van der Waals surface area (Å²) in [5, 5.41) is 6.87. The molecule has 1 saturated heterocycles. The number of nitrogens with one attached hydrogen (secondary N) is 1. The molecule has 4 rings (SSSR count). The van der Waals surface area contributed by atoms with Crippen molar-refractivity contribution < 1.29 is 9.32 Å². The Morgan fingerprint density at radius 1 is 1.23 bits per heavy atom. The zero-order chi connectivity index (χ0) is 20.9. The van der Waals surface area contributed by atoms with Gasteiger partial charge >= 0.3 is 11.8 Å². The van der Waals surface area contributed by atoms with Crippen LogP contribution in [0.1, 0.15) is 48.9 Å². The van der Waals surface area contributed by atoms with Crippen LogP contribution in [0.15, 0.2) is 53.2 Å². The molecule has 3 aromatic rings. The minimum atomic E-state index is -0.365. The molecule has 0 spiro atoms. The Morgan fingerprint density at radius 3 is 2.77 bits per heavy atom. The number of anilines is 1. The van der Waals surface area contributed by atoms with Gasteiger partial charge in [-0.3, -0.25) is 4.79 Å². The van der Waals surface area contributed by atoms with Crippen molar-refractivity contribution >= 4 is 11.7 Å². The molecule has 1 aliphatic heterocycles. The summed E-state index contributed by atoms with van der Waals surface area (Å²) in [6.07, 6.45) is 4.08. The Labute approximate surface area is 176 Å². The highest BCUT2D eigenvalue weighted by Gasteiger charge is 2.20. The molecule has 1 aliphatic rings. The lowest BCUT2D eigenvalue weighted by molar-refractivity contribution is 0.0908. The van der Waals surface area contributed by atoms with E-state index in [0.717, 1.165) is 30.4 Å². The fourth-order valence-corrected chi connectivity index (χ4v) is 3.62. The minimum Gasteiger partial charge on any atom is -0.357 e. The largest absolute Gasteiger partial charge is 0.357 e. The van der Waals surface area contributed by atoms with Crippen molar-refractivity contribution in [1.29, 1.82) is 0 Å². The Morgan fingerprint density at radius 2 is 2.00 bits per heavy atom. The summed E-state index contributed by atoms with van der Waals surface area (Å²) in [7, 11) is 0. The molecule has 0 aliphatic carbocycles. The van der Waals surface area contributed by atoms with Crippen molar-refractivity contribution in [2.24, 2.45) is 5.92 Å².